The van der Waals surface area contributed by atoms with Crippen LogP contribution in [0.1, 0.15) is 0 Å². The Labute approximate surface area is 125 Å². The summed E-state index contributed by atoms with van der Waals surface area (Å²) in [7, 11) is -4.01. The molecule has 0 heterocycles. The van der Waals surface area contributed by atoms with E-state index >= 15 is 0 Å². The summed E-state index contributed by atoms with van der Waals surface area (Å²) in [6.45, 7) is -3.06. The van der Waals surface area contributed by atoms with Gasteiger partial charge in [-0.2, -0.15) is 8.78 Å². The number of ether oxygens (including phenoxy) is 1. The average molecular weight is 334 g/mol. The highest BCUT2D eigenvalue weighted by atomic mass is 35.5. The molecular formula is C13H10ClF2NO3S. The molecule has 2 rings (SSSR count). The van der Waals surface area contributed by atoms with Crippen LogP contribution in [0, 0.1) is 0 Å². The first-order valence-electron chi connectivity index (χ1n) is 5.71. The van der Waals surface area contributed by atoms with Gasteiger partial charge in [-0.25, -0.2) is 8.42 Å². The highest BCUT2D eigenvalue weighted by Crippen LogP contribution is 2.29. The fraction of sp³-hybridized carbons (Fsp3) is 0.0769. The molecule has 0 radical (unpaired) electrons. The lowest BCUT2D eigenvalue weighted by molar-refractivity contribution is -0.0493. The van der Waals surface area contributed by atoms with Crippen LogP contribution in [0.4, 0.5) is 14.5 Å². The van der Waals surface area contributed by atoms with Crippen LogP contribution in [-0.2, 0) is 10.0 Å². The number of halogens is 3. The third-order valence-electron chi connectivity index (χ3n) is 2.47. The largest absolute Gasteiger partial charge is 0.433 e. The summed E-state index contributed by atoms with van der Waals surface area (Å²) in [5, 5.41) is 0.0252. The molecule has 2 aromatic carbocycles. The number of rotatable bonds is 5. The molecule has 0 atom stereocenters. The number of para-hydroxylation sites is 2. The monoisotopic (exact) mass is 333 g/mol. The van der Waals surface area contributed by atoms with Crippen molar-refractivity contribution >= 4 is 27.3 Å². The zero-order valence-corrected chi connectivity index (χ0v) is 12.0. The number of benzene rings is 2. The topological polar surface area (TPSA) is 55.4 Å². The van der Waals surface area contributed by atoms with E-state index in [-0.39, 0.29) is 21.4 Å². The molecule has 21 heavy (non-hydrogen) atoms. The van der Waals surface area contributed by atoms with E-state index in [4.69, 9.17) is 11.6 Å². The quantitative estimate of drug-likeness (QED) is 0.906. The normalized spacial score (nSPS) is 11.4. The number of sulfonamides is 1. The molecular weight excluding hydrogens is 324 g/mol. The van der Waals surface area contributed by atoms with E-state index in [1.165, 1.54) is 42.5 Å². The smallest absolute Gasteiger partial charge is 0.387 e. The van der Waals surface area contributed by atoms with Crippen LogP contribution in [-0.4, -0.2) is 15.0 Å². The average Bonchev–Trinajstić information content (AvgIpc) is 2.40. The highest BCUT2D eigenvalue weighted by molar-refractivity contribution is 7.92. The molecule has 4 nitrogen and oxygen atoms in total. The molecule has 8 heteroatoms. The zero-order chi connectivity index (χ0) is 15.5. The van der Waals surface area contributed by atoms with Crippen molar-refractivity contribution in [1.29, 1.82) is 0 Å². The Balaban J connectivity index is 2.36. The Morgan fingerprint density at radius 3 is 2.33 bits per heavy atom. The lowest BCUT2D eigenvalue weighted by Crippen LogP contribution is -2.15. The van der Waals surface area contributed by atoms with Gasteiger partial charge in [0.1, 0.15) is 10.6 Å². The van der Waals surface area contributed by atoms with Crippen LogP contribution in [0.3, 0.4) is 0 Å². The molecule has 1 N–H and O–H groups in total. The maximum Gasteiger partial charge on any atom is 0.387 e. The van der Waals surface area contributed by atoms with Crippen molar-refractivity contribution in [2.24, 2.45) is 0 Å². The second-order valence-corrected chi connectivity index (χ2v) is 5.97. The lowest BCUT2D eigenvalue weighted by Gasteiger charge is -2.13. The van der Waals surface area contributed by atoms with Crippen LogP contribution in [0.15, 0.2) is 53.4 Å². The van der Waals surface area contributed by atoms with Gasteiger partial charge in [-0.05, 0) is 24.3 Å². The fourth-order valence-corrected chi connectivity index (χ4v) is 3.20. The van der Waals surface area contributed by atoms with Crippen LogP contribution >= 0.6 is 11.6 Å². The lowest BCUT2D eigenvalue weighted by atomic mass is 10.3. The summed E-state index contributed by atoms with van der Waals surface area (Å²) in [6.07, 6.45) is 0. The first-order valence-corrected chi connectivity index (χ1v) is 7.57. The maximum atomic E-state index is 12.3. The minimum atomic E-state index is -4.01. The molecule has 0 aliphatic carbocycles. The summed E-state index contributed by atoms with van der Waals surface area (Å²) in [5.74, 6) is -0.275. The SMILES string of the molecule is O=S(=O)(Nc1ccccc1OC(F)F)c1ccccc1Cl. The molecule has 0 unspecified atom stereocenters. The molecule has 0 aliphatic heterocycles. The fourth-order valence-electron chi connectivity index (χ4n) is 1.61. The molecule has 112 valence electrons. The minimum absolute atomic E-state index is 0.0252. The van der Waals surface area contributed by atoms with Crippen molar-refractivity contribution in [3.05, 3.63) is 53.6 Å². The predicted molar refractivity (Wildman–Crippen MR) is 75.3 cm³/mol. The van der Waals surface area contributed by atoms with Crippen LogP contribution in [0.5, 0.6) is 5.75 Å². The summed E-state index contributed by atoms with van der Waals surface area (Å²) in [6, 6.07) is 11.3. The Hall–Kier alpha value is -1.86. The first kappa shape index (κ1) is 15.5. The van der Waals surface area contributed by atoms with Gasteiger partial charge in [0.15, 0.2) is 0 Å². The van der Waals surface area contributed by atoms with Crippen molar-refractivity contribution in [3.63, 3.8) is 0 Å². The number of nitrogens with one attached hydrogen (secondary N) is 1. The van der Waals surface area contributed by atoms with Gasteiger partial charge in [-0.15, -0.1) is 0 Å². The van der Waals surface area contributed by atoms with Gasteiger partial charge in [-0.1, -0.05) is 35.9 Å². The van der Waals surface area contributed by atoms with E-state index in [9.17, 15) is 17.2 Å². The van der Waals surface area contributed by atoms with Crippen molar-refractivity contribution in [2.45, 2.75) is 11.5 Å². The van der Waals surface area contributed by atoms with E-state index < -0.39 is 16.6 Å². The first-order chi connectivity index (χ1) is 9.90. The van der Waals surface area contributed by atoms with Crippen LogP contribution < -0.4 is 9.46 Å². The summed E-state index contributed by atoms with van der Waals surface area (Å²) in [5.41, 5.74) is -0.0993. The third-order valence-corrected chi connectivity index (χ3v) is 4.34. The van der Waals surface area contributed by atoms with Gasteiger partial charge in [0, 0.05) is 0 Å². The van der Waals surface area contributed by atoms with E-state index in [0.29, 0.717) is 0 Å². The second kappa shape index (κ2) is 6.28. The van der Waals surface area contributed by atoms with Crippen molar-refractivity contribution in [1.82, 2.24) is 0 Å². The van der Waals surface area contributed by atoms with Crippen molar-refractivity contribution in [2.75, 3.05) is 4.72 Å². The Morgan fingerprint density at radius 2 is 1.67 bits per heavy atom. The number of hydrogen-bond acceptors (Lipinski definition) is 3. The highest BCUT2D eigenvalue weighted by Gasteiger charge is 2.20. The van der Waals surface area contributed by atoms with E-state index in [1.54, 1.807) is 6.07 Å². The third kappa shape index (κ3) is 3.83. The van der Waals surface area contributed by atoms with E-state index in [1.807, 2.05) is 0 Å². The van der Waals surface area contributed by atoms with Gasteiger partial charge < -0.3 is 4.74 Å². The Morgan fingerprint density at radius 1 is 1.05 bits per heavy atom. The Kier molecular flexibility index (Phi) is 4.64. The molecule has 0 spiro atoms. The predicted octanol–water partition coefficient (Wildman–Crippen LogP) is 3.74. The molecule has 0 saturated carbocycles. The molecule has 0 bridgehead atoms. The zero-order valence-electron chi connectivity index (χ0n) is 10.5. The summed E-state index contributed by atoms with van der Waals surface area (Å²) < 4.78 is 55.5. The number of anilines is 1. The second-order valence-electron chi connectivity index (χ2n) is 3.91. The molecule has 0 aromatic heterocycles. The van der Waals surface area contributed by atoms with Crippen LogP contribution in [0.25, 0.3) is 0 Å². The van der Waals surface area contributed by atoms with Gasteiger partial charge in [0.2, 0.25) is 0 Å². The van der Waals surface area contributed by atoms with Gasteiger partial charge in [0.25, 0.3) is 10.0 Å². The standard InChI is InChI=1S/C13H10ClF2NO3S/c14-9-5-1-4-8-12(9)21(18,19)17-10-6-2-3-7-11(10)20-13(15)16/h1-8,13,17H. The number of hydrogen-bond donors (Lipinski definition) is 1. The van der Waals surface area contributed by atoms with Gasteiger partial charge >= 0.3 is 6.61 Å². The van der Waals surface area contributed by atoms with E-state index in [0.717, 1.165) is 0 Å². The molecule has 0 amide bonds. The van der Waals surface area contributed by atoms with E-state index in [2.05, 4.69) is 9.46 Å². The maximum absolute atomic E-state index is 12.3. The summed E-state index contributed by atoms with van der Waals surface area (Å²) >= 11 is 5.83. The molecule has 2 aromatic rings. The molecule has 0 saturated heterocycles. The van der Waals surface area contributed by atoms with Gasteiger partial charge in [-0.3, -0.25) is 4.72 Å². The van der Waals surface area contributed by atoms with Crippen molar-refractivity contribution < 1.29 is 21.9 Å². The Bertz CT molecular complexity index is 738. The molecule has 0 fully saturated rings. The van der Waals surface area contributed by atoms with Crippen LogP contribution in [0.2, 0.25) is 5.02 Å². The minimum Gasteiger partial charge on any atom is -0.433 e. The van der Waals surface area contributed by atoms with Gasteiger partial charge in [0.05, 0.1) is 10.7 Å². The summed E-state index contributed by atoms with van der Waals surface area (Å²) in [4.78, 5) is -0.154. The molecule has 0 aliphatic rings. The van der Waals surface area contributed by atoms with Crippen molar-refractivity contribution in [3.8, 4) is 5.75 Å². The number of alkyl halides is 2.